The summed E-state index contributed by atoms with van der Waals surface area (Å²) in [5, 5.41) is 23.4. The molecule has 0 radical (unpaired) electrons. The van der Waals surface area contributed by atoms with E-state index < -0.39 is 53.1 Å². The number of carbonyl (C=O) groups is 3. The van der Waals surface area contributed by atoms with Crippen molar-refractivity contribution in [3.05, 3.63) is 30.1 Å². The Bertz CT molecular complexity index is 727. The number of aliphatic carboxylic acids is 2. The Morgan fingerprint density at radius 3 is 2.58 bits per heavy atom. The van der Waals surface area contributed by atoms with Crippen LogP contribution in [0, 0.1) is 23.6 Å². The van der Waals surface area contributed by atoms with Gasteiger partial charge in [0.15, 0.2) is 0 Å². The van der Waals surface area contributed by atoms with Gasteiger partial charge >= 0.3 is 18.0 Å². The van der Waals surface area contributed by atoms with Crippen molar-refractivity contribution in [3.63, 3.8) is 0 Å². The average Bonchev–Trinajstić information content (AvgIpc) is 3.16. The molecule has 2 saturated carbocycles. The number of nitrogens with one attached hydrogen (secondary N) is 2. The molecule has 0 aromatic heterocycles. The van der Waals surface area contributed by atoms with E-state index in [2.05, 4.69) is 10.6 Å². The van der Waals surface area contributed by atoms with Gasteiger partial charge < -0.3 is 26.6 Å². The summed E-state index contributed by atoms with van der Waals surface area (Å²) in [6.07, 6.45) is -0.0575. The fourth-order valence-electron chi connectivity index (χ4n) is 3.73. The van der Waals surface area contributed by atoms with Crippen LogP contribution in [0.4, 0.5) is 14.9 Å². The number of carboxylic acids is 2. The zero-order chi connectivity index (χ0) is 17.6. The third-order valence-corrected chi connectivity index (χ3v) is 4.77. The molecule has 9 heteroatoms. The first-order chi connectivity index (χ1) is 11.2. The normalized spacial score (nSPS) is 33.4. The molecule has 5 atom stereocenters. The summed E-state index contributed by atoms with van der Waals surface area (Å²) in [7, 11) is 0. The van der Waals surface area contributed by atoms with Gasteiger partial charge in [-0.15, -0.1) is 0 Å². The van der Waals surface area contributed by atoms with Crippen LogP contribution in [-0.2, 0) is 9.59 Å². The minimum Gasteiger partial charge on any atom is -0.481 e. The lowest BCUT2D eigenvalue weighted by molar-refractivity contribution is -0.145. The van der Waals surface area contributed by atoms with E-state index in [1.165, 1.54) is 18.2 Å². The van der Waals surface area contributed by atoms with E-state index in [0.29, 0.717) is 0 Å². The van der Waals surface area contributed by atoms with Crippen molar-refractivity contribution in [3.8, 4) is 0 Å². The van der Waals surface area contributed by atoms with Gasteiger partial charge in [-0.3, -0.25) is 9.59 Å². The van der Waals surface area contributed by atoms with Crippen molar-refractivity contribution in [2.45, 2.75) is 18.0 Å². The van der Waals surface area contributed by atoms with E-state index in [0.717, 1.165) is 6.07 Å². The molecule has 2 amide bonds. The third-order valence-electron chi connectivity index (χ3n) is 4.77. The maximum Gasteiger partial charge on any atom is 0.324 e. The highest BCUT2D eigenvalue weighted by molar-refractivity contribution is 5.90. The van der Waals surface area contributed by atoms with Crippen LogP contribution in [0.15, 0.2) is 24.3 Å². The number of carboxylic acid groups (broad SMARTS) is 2. The molecule has 2 aliphatic carbocycles. The fraction of sp³-hybridized carbons (Fsp3) is 0.400. The number of fused-ring (bicyclic) bond motifs is 1. The Morgan fingerprint density at radius 1 is 1.29 bits per heavy atom. The summed E-state index contributed by atoms with van der Waals surface area (Å²) in [4.78, 5) is 34.6. The Morgan fingerprint density at radius 2 is 2.00 bits per heavy atom. The Labute approximate surface area is 135 Å². The maximum atomic E-state index is 13.1. The van der Waals surface area contributed by atoms with Crippen LogP contribution in [0.5, 0.6) is 0 Å². The van der Waals surface area contributed by atoms with Gasteiger partial charge in [0.25, 0.3) is 0 Å². The third kappa shape index (κ3) is 2.56. The Balaban J connectivity index is 1.70. The number of rotatable bonds is 4. The van der Waals surface area contributed by atoms with Crippen molar-refractivity contribution in [1.29, 1.82) is 0 Å². The molecule has 0 heterocycles. The molecular weight excluding hydrogens is 321 g/mol. The van der Waals surface area contributed by atoms with Crippen LogP contribution >= 0.6 is 0 Å². The lowest BCUT2D eigenvalue weighted by Gasteiger charge is -2.25. The lowest BCUT2D eigenvalue weighted by Crippen LogP contribution is -2.52. The van der Waals surface area contributed by atoms with Crippen molar-refractivity contribution in [2.75, 3.05) is 5.32 Å². The highest BCUT2D eigenvalue weighted by atomic mass is 19.1. The Hall–Kier alpha value is -2.68. The van der Waals surface area contributed by atoms with Crippen LogP contribution in [0.25, 0.3) is 0 Å². The Kier molecular flexibility index (Phi) is 3.67. The van der Waals surface area contributed by atoms with Crippen LogP contribution < -0.4 is 16.4 Å². The molecule has 2 aliphatic rings. The smallest absolute Gasteiger partial charge is 0.324 e. The summed E-state index contributed by atoms with van der Waals surface area (Å²) in [6, 6.07) is 3.91. The van der Waals surface area contributed by atoms with Gasteiger partial charge in [0.05, 0.1) is 5.92 Å². The van der Waals surface area contributed by atoms with Crippen LogP contribution in [0.3, 0.4) is 0 Å². The highest BCUT2D eigenvalue weighted by Crippen LogP contribution is 2.61. The van der Waals surface area contributed by atoms with Gasteiger partial charge in [-0.2, -0.15) is 0 Å². The average molecular weight is 337 g/mol. The van der Waals surface area contributed by atoms with Crippen LogP contribution in [0.1, 0.15) is 6.42 Å². The molecule has 8 nitrogen and oxygen atoms in total. The standard InChI is InChI=1S/C15H16FN3O5/c16-6-2-1-3-7(4-6)18-14(24)19-8-5-15(17,13(22)23)11-9(8)10(11)12(20)21/h1-4,8-11H,5,17H2,(H,20,21)(H,22,23)(H2,18,19,24)/t8-,9-,10-,11-,15-/m0/s1. The second kappa shape index (κ2) is 5.45. The number of anilines is 1. The van der Waals surface area contributed by atoms with Gasteiger partial charge in [0, 0.05) is 17.6 Å². The number of hydrogen-bond acceptors (Lipinski definition) is 4. The number of benzene rings is 1. The van der Waals surface area contributed by atoms with Crippen molar-refractivity contribution >= 4 is 23.7 Å². The van der Waals surface area contributed by atoms with Gasteiger partial charge in [-0.25, -0.2) is 9.18 Å². The van der Waals surface area contributed by atoms with E-state index in [-0.39, 0.29) is 12.1 Å². The number of amides is 2. The number of nitrogens with two attached hydrogens (primary N) is 1. The quantitative estimate of drug-likeness (QED) is 0.540. The summed E-state index contributed by atoms with van der Waals surface area (Å²) in [5.74, 6) is -5.06. The van der Waals surface area contributed by atoms with E-state index in [4.69, 9.17) is 5.73 Å². The van der Waals surface area contributed by atoms with Crippen LogP contribution in [-0.4, -0.2) is 39.8 Å². The molecule has 0 spiro atoms. The number of urea groups is 1. The molecule has 6 N–H and O–H groups in total. The molecule has 0 bridgehead atoms. The van der Waals surface area contributed by atoms with Gasteiger partial charge in [0.1, 0.15) is 11.4 Å². The number of halogens is 1. The van der Waals surface area contributed by atoms with Gasteiger partial charge in [0.2, 0.25) is 0 Å². The molecule has 24 heavy (non-hydrogen) atoms. The lowest BCUT2D eigenvalue weighted by atomic mass is 9.90. The first kappa shape index (κ1) is 16.2. The van der Waals surface area contributed by atoms with E-state index in [9.17, 15) is 29.0 Å². The first-order valence-corrected chi connectivity index (χ1v) is 7.32. The van der Waals surface area contributed by atoms with E-state index in [1.54, 1.807) is 0 Å². The van der Waals surface area contributed by atoms with Crippen molar-refractivity contribution in [2.24, 2.45) is 23.5 Å². The molecule has 1 aromatic rings. The summed E-state index contributed by atoms with van der Waals surface area (Å²) in [6.45, 7) is 0. The molecule has 2 fully saturated rings. The predicted molar refractivity (Wildman–Crippen MR) is 79.6 cm³/mol. The molecule has 0 unspecified atom stereocenters. The van der Waals surface area contributed by atoms with E-state index in [1.807, 2.05) is 0 Å². The van der Waals surface area contributed by atoms with Crippen molar-refractivity contribution < 1.29 is 29.0 Å². The van der Waals surface area contributed by atoms with Crippen LogP contribution in [0.2, 0.25) is 0 Å². The highest BCUT2D eigenvalue weighted by Gasteiger charge is 2.74. The minimum absolute atomic E-state index is 0.0575. The summed E-state index contributed by atoms with van der Waals surface area (Å²) in [5.41, 5.74) is 4.42. The summed E-state index contributed by atoms with van der Waals surface area (Å²) >= 11 is 0. The molecule has 1 aromatic carbocycles. The summed E-state index contributed by atoms with van der Waals surface area (Å²) < 4.78 is 13.1. The zero-order valence-electron chi connectivity index (χ0n) is 12.4. The second-order valence-corrected chi connectivity index (χ2v) is 6.23. The monoisotopic (exact) mass is 337 g/mol. The topological polar surface area (TPSA) is 142 Å². The van der Waals surface area contributed by atoms with Gasteiger partial charge in [-0.1, -0.05) is 6.07 Å². The minimum atomic E-state index is -1.68. The largest absolute Gasteiger partial charge is 0.481 e. The molecule has 0 saturated heterocycles. The fourth-order valence-corrected chi connectivity index (χ4v) is 3.73. The molecular formula is C15H16FN3O5. The first-order valence-electron chi connectivity index (χ1n) is 7.32. The molecule has 0 aliphatic heterocycles. The van der Waals surface area contributed by atoms with Crippen molar-refractivity contribution in [1.82, 2.24) is 5.32 Å². The number of hydrogen-bond donors (Lipinski definition) is 5. The number of carbonyl (C=O) groups excluding carboxylic acids is 1. The molecule has 3 rings (SSSR count). The van der Waals surface area contributed by atoms with Gasteiger partial charge in [-0.05, 0) is 30.5 Å². The second-order valence-electron chi connectivity index (χ2n) is 6.23. The maximum absolute atomic E-state index is 13.1. The van der Waals surface area contributed by atoms with E-state index >= 15 is 0 Å². The molecule has 128 valence electrons. The zero-order valence-corrected chi connectivity index (χ0v) is 12.4. The SMILES string of the molecule is N[C@@]1(C(=O)O)C[C@H](NC(=O)Nc2cccc(F)c2)[C@H]2[C@H](C(=O)O)[C@H]21. The predicted octanol–water partition coefficient (Wildman–Crippen LogP) is 0.448.